The summed E-state index contributed by atoms with van der Waals surface area (Å²) in [5, 5.41) is 1.49. The summed E-state index contributed by atoms with van der Waals surface area (Å²) in [4.78, 5) is 4.68. The first-order chi connectivity index (χ1) is 11.7. The number of rotatable bonds is 5. The molecule has 0 spiro atoms. The Hall–Kier alpha value is -1.32. The normalized spacial score (nSPS) is 10.6. The predicted molar refractivity (Wildman–Crippen MR) is 108 cm³/mol. The molecule has 3 aromatic rings. The predicted octanol–water partition coefficient (Wildman–Crippen LogP) is 7.94. The minimum Gasteiger partial charge on any atom is -0.0984 e. The van der Waals surface area contributed by atoms with E-state index in [-0.39, 0.29) is 0 Å². The van der Waals surface area contributed by atoms with Crippen molar-refractivity contribution in [2.75, 3.05) is 0 Å². The average Bonchev–Trinajstić information content (AvgIpc) is 2.60. The zero-order valence-corrected chi connectivity index (χ0v) is 15.9. The summed E-state index contributed by atoms with van der Waals surface area (Å²) in [6.07, 6.45) is 1.89. The molecule has 0 aromatic heterocycles. The van der Waals surface area contributed by atoms with E-state index in [0.717, 1.165) is 25.4 Å². The summed E-state index contributed by atoms with van der Waals surface area (Å²) in [6.45, 7) is 3.95. The molecule has 0 radical (unpaired) electrons. The van der Waals surface area contributed by atoms with E-state index in [0.29, 0.717) is 0 Å². The maximum absolute atomic E-state index is 5.98. The second-order valence-corrected chi connectivity index (χ2v) is 8.06. The van der Waals surface area contributed by atoms with E-state index >= 15 is 0 Å². The first-order valence-electron chi connectivity index (χ1n) is 7.28. The summed E-state index contributed by atoms with van der Waals surface area (Å²) in [5.74, 6) is 0. The zero-order valence-electron chi connectivity index (χ0n) is 12.7. The van der Waals surface area contributed by atoms with Crippen LogP contribution in [-0.4, -0.2) is 0 Å². The SMILES string of the molecule is C=Cc1cccc(Sc2ccc(Cl)cc2)c1Sc1ccc(Cl)cc1. The van der Waals surface area contributed by atoms with Crippen molar-refractivity contribution in [3.63, 3.8) is 0 Å². The van der Waals surface area contributed by atoms with E-state index in [1.165, 1.54) is 9.79 Å². The molecular weight excluding hydrogens is 375 g/mol. The number of hydrogen-bond donors (Lipinski definition) is 0. The summed E-state index contributed by atoms with van der Waals surface area (Å²) >= 11 is 15.4. The molecule has 0 aliphatic rings. The molecule has 0 amide bonds. The van der Waals surface area contributed by atoms with Crippen LogP contribution in [0.1, 0.15) is 5.56 Å². The Morgan fingerprint density at radius 1 is 0.708 bits per heavy atom. The largest absolute Gasteiger partial charge is 0.0984 e. The van der Waals surface area contributed by atoms with Crippen LogP contribution < -0.4 is 0 Å². The van der Waals surface area contributed by atoms with E-state index in [1.54, 1.807) is 23.5 Å². The lowest BCUT2D eigenvalue weighted by Crippen LogP contribution is -1.85. The van der Waals surface area contributed by atoms with E-state index < -0.39 is 0 Å². The number of halogens is 2. The van der Waals surface area contributed by atoms with Crippen molar-refractivity contribution in [2.24, 2.45) is 0 Å². The van der Waals surface area contributed by atoms with Gasteiger partial charge in [0.15, 0.2) is 0 Å². The van der Waals surface area contributed by atoms with Gasteiger partial charge in [-0.15, -0.1) is 0 Å². The molecule has 0 saturated carbocycles. The van der Waals surface area contributed by atoms with Gasteiger partial charge >= 0.3 is 0 Å². The van der Waals surface area contributed by atoms with Gasteiger partial charge in [-0.25, -0.2) is 0 Å². The number of benzene rings is 3. The lowest BCUT2D eigenvalue weighted by atomic mass is 10.2. The molecule has 0 saturated heterocycles. The van der Waals surface area contributed by atoms with Crippen LogP contribution in [-0.2, 0) is 0 Å². The van der Waals surface area contributed by atoms with Gasteiger partial charge in [0.1, 0.15) is 0 Å². The Balaban J connectivity index is 1.95. The third kappa shape index (κ3) is 4.40. The Morgan fingerprint density at radius 2 is 1.25 bits per heavy atom. The second kappa shape index (κ2) is 8.17. The Morgan fingerprint density at radius 3 is 1.79 bits per heavy atom. The third-order valence-corrected chi connectivity index (χ3v) is 6.17. The maximum atomic E-state index is 5.98. The van der Waals surface area contributed by atoms with Gasteiger partial charge in [0.25, 0.3) is 0 Å². The molecule has 0 atom stereocenters. The van der Waals surface area contributed by atoms with E-state index in [1.807, 2.05) is 54.6 Å². The van der Waals surface area contributed by atoms with Crippen molar-refractivity contribution in [1.82, 2.24) is 0 Å². The first-order valence-corrected chi connectivity index (χ1v) is 9.67. The summed E-state index contributed by atoms with van der Waals surface area (Å²) < 4.78 is 0. The highest BCUT2D eigenvalue weighted by Crippen LogP contribution is 2.41. The lowest BCUT2D eigenvalue weighted by Gasteiger charge is -2.12. The first kappa shape index (κ1) is 17.5. The van der Waals surface area contributed by atoms with Crippen LogP contribution in [0.25, 0.3) is 6.08 Å². The molecule has 3 aromatic carbocycles. The van der Waals surface area contributed by atoms with Gasteiger partial charge in [-0.2, -0.15) is 0 Å². The Kier molecular flexibility index (Phi) is 5.96. The molecule has 4 heteroatoms. The zero-order chi connectivity index (χ0) is 16.9. The standard InChI is InChI=1S/C20H14Cl2S2/c1-2-14-4-3-5-19(23-17-10-6-15(21)7-11-17)20(14)24-18-12-8-16(22)9-13-18/h2-13H,1H2. The Bertz CT molecular complexity index is 841. The topological polar surface area (TPSA) is 0 Å². The van der Waals surface area contributed by atoms with Crippen LogP contribution in [0.5, 0.6) is 0 Å². The quantitative estimate of drug-likeness (QED) is 0.434. The van der Waals surface area contributed by atoms with Gasteiger partial charge in [-0.3, -0.25) is 0 Å². The van der Waals surface area contributed by atoms with E-state index in [4.69, 9.17) is 23.2 Å². The van der Waals surface area contributed by atoms with E-state index in [2.05, 4.69) is 24.8 Å². The van der Waals surface area contributed by atoms with Crippen LogP contribution >= 0.6 is 46.7 Å². The highest BCUT2D eigenvalue weighted by atomic mass is 35.5. The number of hydrogen-bond acceptors (Lipinski definition) is 2. The van der Waals surface area contributed by atoms with Crippen LogP contribution in [0.4, 0.5) is 0 Å². The van der Waals surface area contributed by atoms with Crippen molar-refractivity contribution in [3.8, 4) is 0 Å². The van der Waals surface area contributed by atoms with Gasteiger partial charge < -0.3 is 0 Å². The fourth-order valence-electron chi connectivity index (χ4n) is 2.13. The maximum Gasteiger partial charge on any atom is 0.0406 e. The van der Waals surface area contributed by atoms with Crippen LogP contribution in [0.2, 0.25) is 10.0 Å². The lowest BCUT2D eigenvalue weighted by molar-refractivity contribution is 1.22. The second-order valence-electron chi connectivity index (χ2n) is 4.99. The molecule has 0 unspecified atom stereocenters. The molecule has 120 valence electrons. The molecule has 0 nitrogen and oxygen atoms in total. The molecule has 3 rings (SSSR count). The summed E-state index contributed by atoms with van der Waals surface area (Å²) in [6, 6.07) is 22.0. The summed E-state index contributed by atoms with van der Waals surface area (Å²) in [7, 11) is 0. The molecule has 24 heavy (non-hydrogen) atoms. The van der Waals surface area contributed by atoms with Crippen molar-refractivity contribution in [3.05, 3.63) is 88.9 Å². The highest BCUT2D eigenvalue weighted by Gasteiger charge is 2.10. The molecule has 0 heterocycles. The van der Waals surface area contributed by atoms with Gasteiger partial charge in [0.2, 0.25) is 0 Å². The molecule has 0 fully saturated rings. The van der Waals surface area contributed by atoms with Crippen LogP contribution in [0.15, 0.2) is 92.9 Å². The molecular formula is C20H14Cl2S2. The third-order valence-electron chi connectivity index (χ3n) is 3.30. The van der Waals surface area contributed by atoms with Crippen molar-refractivity contribution in [2.45, 2.75) is 19.6 Å². The fraction of sp³-hybridized carbons (Fsp3) is 0. The van der Waals surface area contributed by atoms with Crippen molar-refractivity contribution >= 4 is 52.8 Å². The van der Waals surface area contributed by atoms with Gasteiger partial charge in [0, 0.05) is 29.6 Å². The molecule has 0 N–H and O–H groups in total. The molecule has 0 aliphatic heterocycles. The van der Waals surface area contributed by atoms with Crippen molar-refractivity contribution in [1.29, 1.82) is 0 Å². The monoisotopic (exact) mass is 388 g/mol. The van der Waals surface area contributed by atoms with Crippen LogP contribution in [0, 0.1) is 0 Å². The van der Waals surface area contributed by atoms with Gasteiger partial charge in [-0.05, 0) is 60.2 Å². The van der Waals surface area contributed by atoms with Crippen LogP contribution in [0.3, 0.4) is 0 Å². The highest BCUT2D eigenvalue weighted by molar-refractivity contribution is 8.02. The minimum absolute atomic E-state index is 0.743. The molecule has 0 aliphatic carbocycles. The summed E-state index contributed by atoms with van der Waals surface area (Å²) in [5.41, 5.74) is 1.12. The average molecular weight is 389 g/mol. The minimum atomic E-state index is 0.743. The van der Waals surface area contributed by atoms with Gasteiger partial charge in [-0.1, -0.05) is 71.5 Å². The Labute approximate surface area is 160 Å². The molecule has 0 bridgehead atoms. The smallest absolute Gasteiger partial charge is 0.0406 e. The fourth-order valence-corrected chi connectivity index (χ4v) is 4.46. The van der Waals surface area contributed by atoms with E-state index in [9.17, 15) is 0 Å². The van der Waals surface area contributed by atoms with Crippen molar-refractivity contribution < 1.29 is 0 Å². The van der Waals surface area contributed by atoms with Gasteiger partial charge in [0.05, 0.1) is 0 Å².